The Kier molecular flexibility index (Phi) is 3.49. The van der Waals surface area contributed by atoms with Gasteiger partial charge in [0, 0.05) is 11.4 Å². The Balaban J connectivity index is 2.07. The van der Waals surface area contributed by atoms with E-state index in [1.54, 1.807) is 0 Å². The number of hydrogen-bond acceptors (Lipinski definition) is 2. The highest BCUT2D eigenvalue weighted by atomic mass is 35.5. The fraction of sp³-hybridized carbons (Fsp3) is 0.462. The van der Waals surface area contributed by atoms with Gasteiger partial charge >= 0.3 is 0 Å². The van der Waals surface area contributed by atoms with Crippen LogP contribution in [0.4, 0.5) is 0 Å². The minimum atomic E-state index is 0.303. The van der Waals surface area contributed by atoms with Crippen LogP contribution in [0.1, 0.15) is 19.4 Å². The lowest BCUT2D eigenvalue weighted by Gasteiger charge is -2.06. The van der Waals surface area contributed by atoms with E-state index >= 15 is 0 Å². The van der Waals surface area contributed by atoms with Gasteiger partial charge in [0.15, 0.2) is 5.90 Å². The van der Waals surface area contributed by atoms with Crippen molar-refractivity contribution in [2.75, 3.05) is 6.61 Å². The average molecular weight is 238 g/mol. The number of ether oxygens (including phenoxy) is 1. The van der Waals surface area contributed by atoms with Crippen molar-refractivity contribution in [1.29, 1.82) is 0 Å². The molecule has 1 heterocycles. The summed E-state index contributed by atoms with van der Waals surface area (Å²) in [6, 6.07) is 8.12. The summed E-state index contributed by atoms with van der Waals surface area (Å²) in [5, 5.41) is 0.779. The second-order valence-corrected chi connectivity index (χ2v) is 4.82. The van der Waals surface area contributed by atoms with E-state index in [2.05, 4.69) is 18.8 Å². The normalized spacial score (nSPS) is 19.8. The monoisotopic (exact) mass is 237 g/mol. The van der Waals surface area contributed by atoms with Gasteiger partial charge in [-0.15, -0.1) is 0 Å². The molecule has 2 rings (SSSR count). The van der Waals surface area contributed by atoms with E-state index in [1.165, 1.54) is 0 Å². The lowest BCUT2D eigenvalue weighted by Crippen LogP contribution is -2.13. The van der Waals surface area contributed by atoms with Gasteiger partial charge in [-0.05, 0) is 17.5 Å². The first-order chi connectivity index (χ1) is 7.66. The van der Waals surface area contributed by atoms with Crippen LogP contribution in [0.25, 0.3) is 0 Å². The zero-order chi connectivity index (χ0) is 11.5. The molecule has 0 spiro atoms. The third kappa shape index (κ3) is 2.56. The number of benzene rings is 1. The average Bonchev–Trinajstić information content (AvgIpc) is 2.70. The number of aliphatic imine (C=N–C) groups is 1. The molecule has 86 valence electrons. The maximum atomic E-state index is 6.09. The van der Waals surface area contributed by atoms with Crippen molar-refractivity contribution in [2.24, 2.45) is 10.9 Å². The Hall–Kier alpha value is -1.02. The van der Waals surface area contributed by atoms with Gasteiger partial charge in [-0.3, -0.25) is 0 Å². The van der Waals surface area contributed by atoms with Crippen molar-refractivity contribution >= 4 is 17.5 Å². The van der Waals surface area contributed by atoms with Crippen LogP contribution >= 0.6 is 11.6 Å². The molecule has 1 aromatic carbocycles. The predicted molar refractivity (Wildman–Crippen MR) is 67.2 cm³/mol. The minimum absolute atomic E-state index is 0.303. The third-order valence-electron chi connectivity index (χ3n) is 2.80. The molecule has 16 heavy (non-hydrogen) atoms. The van der Waals surface area contributed by atoms with Crippen LogP contribution in [-0.2, 0) is 11.2 Å². The quantitative estimate of drug-likeness (QED) is 0.790. The van der Waals surface area contributed by atoms with Gasteiger partial charge in [-0.2, -0.15) is 0 Å². The summed E-state index contributed by atoms with van der Waals surface area (Å²) in [4.78, 5) is 4.56. The maximum Gasteiger partial charge on any atom is 0.188 e. The summed E-state index contributed by atoms with van der Waals surface area (Å²) >= 11 is 6.09. The Bertz CT molecular complexity index is 401. The molecule has 0 unspecified atom stereocenters. The SMILES string of the molecule is CC(C)[C@@H]1COC(Cc2ccccc2Cl)=N1. The first-order valence-corrected chi connectivity index (χ1v) is 5.97. The highest BCUT2D eigenvalue weighted by Gasteiger charge is 2.21. The van der Waals surface area contributed by atoms with Crippen molar-refractivity contribution in [2.45, 2.75) is 26.3 Å². The first-order valence-electron chi connectivity index (χ1n) is 5.59. The molecule has 1 aromatic rings. The van der Waals surface area contributed by atoms with Crippen molar-refractivity contribution in [3.8, 4) is 0 Å². The molecule has 0 N–H and O–H groups in total. The molecule has 2 nitrogen and oxygen atoms in total. The molecule has 1 aliphatic rings. The molecule has 3 heteroatoms. The molecule has 1 aliphatic heterocycles. The number of halogens is 1. The van der Waals surface area contributed by atoms with Gasteiger partial charge in [0.2, 0.25) is 0 Å². The van der Waals surface area contributed by atoms with Crippen molar-refractivity contribution in [3.05, 3.63) is 34.9 Å². The fourth-order valence-corrected chi connectivity index (χ4v) is 1.89. The Morgan fingerprint density at radius 3 is 2.81 bits per heavy atom. The largest absolute Gasteiger partial charge is 0.478 e. The molecule has 0 fully saturated rings. The van der Waals surface area contributed by atoms with E-state index in [9.17, 15) is 0 Å². The van der Waals surface area contributed by atoms with E-state index < -0.39 is 0 Å². The summed E-state index contributed by atoms with van der Waals surface area (Å²) in [6.45, 7) is 5.03. The molecule has 0 aromatic heterocycles. The smallest absolute Gasteiger partial charge is 0.188 e. The van der Waals surface area contributed by atoms with Crippen molar-refractivity contribution in [3.63, 3.8) is 0 Å². The van der Waals surface area contributed by atoms with E-state index in [0.29, 0.717) is 25.0 Å². The lowest BCUT2D eigenvalue weighted by atomic mass is 10.1. The summed E-state index contributed by atoms with van der Waals surface area (Å²) in [5.41, 5.74) is 1.08. The molecule has 0 aliphatic carbocycles. The number of nitrogens with zero attached hydrogens (tertiary/aromatic N) is 1. The van der Waals surface area contributed by atoms with E-state index in [-0.39, 0.29) is 0 Å². The molecule has 0 saturated carbocycles. The molecule has 0 radical (unpaired) electrons. The molecule has 0 bridgehead atoms. The highest BCUT2D eigenvalue weighted by molar-refractivity contribution is 6.31. The van der Waals surface area contributed by atoms with Gasteiger partial charge < -0.3 is 4.74 Å². The summed E-state index contributed by atoms with van der Waals surface area (Å²) in [6.07, 6.45) is 0.697. The number of hydrogen-bond donors (Lipinski definition) is 0. The Morgan fingerprint density at radius 1 is 1.44 bits per heavy atom. The van der Waals surface area contributed by atoms with Gasteiger partial charge in [0.05, 0.1) is 6.04 Å². The summed E-state index contributed by atoms with van der Waals surface area (Å²) in [5.74, 6) is 1.34. The highest BCUT2D eigenvalue weighted by Crippen LogP contribution is 2.20. The zero-order valence-corrected chi connectivity index (χ0v) is 10.4. The predicted octanol–water partition coefficient (Wildman–Crippen LogP) is 3.34. The van der Waals surface area contributed by atoms with E-state index in [0.717, 1.165) is 16.5 Å². The zero-order valence-electron chi connectivity index (χ0n) is 9.61. The lowest BCUT2D eigenvalue weighted by molar-refractivity contribution is 0.287. The van der Waals surface area contributed by atoms with Crippen LogP contribution in [0, 0.1) is 5.92 Å². The summed E-state index contributed by atoms with van der Waals surface area (Å²) < 4.78 is 5.58. The maximum absolute atomic E-state index is 6.09. The van der Waals surface area contributed by atoms with E-state index in [1.807, 2.05) is 24.3 Å². The Morgan fingerprint density at radius 2 is 2.19 bits per heavy atom. The minimum Gasteiger partial charge on any atom is -0.478 e. The second-order valence-electron chi connectivity index (χ2n) is 4.41. The van der Waals surface area contributed by atoms with Gasteiger partial charge in [0.25, 0.3) is 0 Å². The molecular weight excluding hydrogens is 222 g/mol. The first kappa shape index (κ1) is 11.5. The van der Waals surface area contributed by atoms with Crippen molar-refractivity contribution < 1.29 is 4.74 Å². The molecular formula is C13H16ClNO. The summed E-state index contributed by atoms with van der Waals surface area (Å²) in [7, 11) is 0. The molecule has 0 saturated heterocycles. The van der Waals surface area contributed by atoms with Crippen LogP contribution in [0.5, 0.6) is 0 Å². The number of rotatable bonds is 3. The van der Waals surface area contributed by atoms with Crippen LogP contribution in [0.2, 0.25) is 5.02 Å². The van der Waals surface area contributed by atoms with Crippen LogP contribution < -0.4 is 0 Å². The van der Waals surface area contributed by atoms with Gasteiger partial charge in [-0.25, -0.2) is 4.99 Å². The second kappa shape index (κ2) is 4.88. The van der Waals surface area contributed by atoms with Crippen LogP contribution in [0.3, 0.4) is 0 Å². The van der Waals surface area contributed by atoms with Crippen LogP contribution in [-0.4, -0.2) is 18.5 Å². The third-order valence-corrected chi connectivity index (χ3v) is 3.17. The van der Waals surface area contributed by atoms with Crippen molar-refractivity contribution in [1.82, 2.24) is 0 Å². The molecule has 0 amide bonds. The standard InChI is InChI=1S/C13H16ClNO/c1-9(2)12-8-16-13(15-12)7-10-5-3-4-6-11(10)14/h3-6,9,12H,7-8H2,1-2H3/t12-/m0/s1. The van der Waals surface area contributed by atoms with Crippen LogP contribution in [0.15, 0.2) is 29.3 Å². The van der Waals surface area contributed by atoms with E-state index in [4.69, 9.17) is 16.3 Å². The Labute approximate surface area is 101 Å². The topological polar surface area (TPSA) is 21.6 Å². The van der Waals surface area contributed by atoms with Gasteiger partial charge in [0.1, 0.15) is 6.61 Å². The fourth-order valence-electron chi connectivity index (χ4n) is 1.68. The molecule has 1 atom stereocenters. The van der Waals surface area contributed by atoms with Gasteiger partial charge in [-0.1, -0.05) is 43.6 Å².